The van der Waals surface area contributed by atoms with E-state index < -0.39 is 10.1 Å². The number of carbonyl (C=O) groups is 1. The van der Waals surface area contributed by atoms with Gasteiger partial charge in [-0.15, -0.1) is 0 Å². The fourth-order valence-electron chi connectivity index (χ4n) is 1.17. The molecule has 94 valence electrons. The first-order valence-electron chi connectivity index (χ1n) is 4.92. The van der Waals surface area contributed by atoms with Crippen molar-refractivity contribution in [3.8, 4) is 0 Å². The third-order valence-electron chi connectivity index (χ3n) is 2.00. The van der Waals surface area contributed by atoms with Crippen molar-refractivity contribution in [1.82, 2.24) is 0 Å². The third-order valence-corrected chi connectivity index (χ3v) is 3.18. The van der Waals surface area contributed by atoms with E-state index in [4.69, 9.17) is 4.55 Å². The van der Waals surface area contributed by atoms with E-state index in [0.29, 0.717) is 24.3 Å². The highest BCUT2D eigenvalue weighted by atomic mass is 32.2. The Morgan fingerprint density at radius 3 is 2.35 bits per heavy atom. The summed E-state index contributed by atoms with van der Waals surface area (Å²) in [6.07, 6.45) is 1.04. The molecule has 0 aliphatic heterocycles. The molecule has 0 saturated heterocycles. The first-order chi connectivity index (χ1) is 7.93. The standard InChI is InChI=1S/C10H13NO4S2/c12-10(2-1-7-16)11-8-3-5-9(6-4-8)17(13,14)15/h3-6,16H,1-2,7H2,(H,11,12)(H,13,14,15). The van der Waals surface area contributed by atoms with E-state index in [2.05, 4.69) is 17.9 Å². The number of rotatable bonds is 5. The van der Waals surface area contributed by atoms with Gasteiger partial charge >= 0.3 is 0 Å². The number of anilines is 1. The minimum atomic E-state index is -4.19. The SMILES string of the molecule is O=C(CCCS)Nc1ccc(S(=O)(=O)O)cc1. The fraction of sp³-hybridized carbons (Fsp3) is 0.300. The summed E-state index contributed by atoms with van der Waals surface area (Å²) in [6, 6.07) is 5.29. The van der Waals surface area contributed by atoms with Crippen LogP contribution >= 0.6 is 12.6 Å². The maximum atomic E-state index is 11.3. The van der Waals surface area contributed by atoms with Gasteiger partial charge in [-0.05, 0) is 36.4 Å². The Bertz CT molecular complexity index is 482. The molecule has 0 saturated carbocycles. The van der Waals surface area contributed by atoms with E-state index in [0.717, 1.165) is 0 Å². The van der Waals surface area contributed by atoms with Gasteiger partial charge in [0.1, 0.15) is 0 Å². The molecule has 1 aromatic rings. The van der Waals surface area contributed by atoms with E-state index in [-0.39, 0.29) is 10.8 Å². The lowest BCUT2D eigenvalue weighted by Crippen LogP contribution is -2.11. The van der Waals surface area contributed by atoms with Gasteiger partial charge < -0.3 is 5.32 Å². The Hall–Kier alpha value is -1.05. The number of amides is 1. The van der Waals surface area contributed by atoms with Gasteiger partial charge in [-0.25, -0.2) is 0 Å². The van der Waals surface area contributed by atoms with Crippen molar-refractivity contribution in [3.63, 3.8) is 0 Å². The number of hydrogen-bond donors (Lipinski definition) is 3. The maximum absolute atomic E-state index is 11.3. The minimum absolute atomic E-state index is 0.154. The van der Waals surface area contributed by atoms with Crippen molar-refractivity contribution < 1.29 is 17.8 Å². The Morgan fingerprint density at radius 2 is 1.88 bits per heavy atom. The Morgan fingerprint density at radius 1 is 1.29 bits per heavy atom. The van der Waals surface area contributed by atoms with Crippen molar-refractivity contribution in [2.75, 3.05) is 11.1 Å². The average Bonchev–Trinajstić information content (AvgIpc) is 2.26. The van der Waals surface area contributed by atoms with E-state index >= 15 is 0 Å². The predicted octanol–water partition coefficient (Wildman–Crippen LogP) is 1.58. The monoisotopic (exact) mass is 275 g/mol. The van der Waals surface area contributed by atoms with Crippen LogP contribution < -0.4 is 5.32 Å². The molecule has 7 heteroatoms. The first kappa shape index (κ1) is 14.0. The van der Waals surface area contributed by atoms with Gasteiger partial charge in [-0.1, -0.05) is 0 Å². The van der Waals surface area contributed by atoms with Crippen LogP contribution in [0, 0.1) is 0 Å². The highest BCUT2D eigenvalue weighted by Gasteiger charge is 2.09. The van der Waals surface area contributed by atoms with Crippen LogP contribution in [0.4, 0.5) is 5.69 Å². The van der Waals surface area contributed by atoms with Crippen molar-refractivity contribution >= 4 is 34.3 Å². The molecule has 17 heavy (non-hydrogen) atoms. The number of hydrogen-bond acceptors (Lipinski definition) is 4. The van der Waals surface area contributed by atoms with Crippen molar-refractivity contribution in [3.05, 3.63) is 24.3 Å². The van der Waals surface area contributed by atoms with Crippen LogP contribution in [-0.2, 0) is 14.9 Å². The van der Waals surface area contributed by atoms with Gasteiger partial charge in [0.2, 0.25) is 5.91 Å². The van der Waals surface area contributed by atoms with Gasteiger partial charge in [-0.2, -0.15) is 21.0 Å². The lowest BCUT2D eigenvalue weighted by Gasteiger charge is -2.05. The summed E-state index contributed by atoms with van der Waals surface area (Å²) >= 11 is 3.99. The Balaban J connectivity index is 2.66. The second-order valence-electron chi connectivity index (χ2n) is 3.37. The highest BCUT2D eigenvalue weighted by molar-refractivity contribution is 7.85. The molecule has 2 N–H and O–H groups in total. The van der Waals surface area contributed by atoms with Crippen LogP contribution in [-0.4, -0.2) is 24.6 Å². The quantitative estimate of drug-likeness (QED) is 0.563. The van der Waals surface area contributed by atoms with Gasteiger partial charge in [0, 0.05) is 12.1 Å². The van der Waals surface area contributed by atoms with Crippen LogP contribution in [0.2, 0.25) is 0 Å². The number of carbonyl (C=O) groups excluding carboxylic acids is 1. The lowest BCUT2D eigenvalue weighted by atomic mass is 10.3. The van der Waals surface area contributed by atoms with Crippen LogP contribution in [0.1, 0.15) is 12.8 Å². The molecule has 1 rings (SSSR count). The van der Waals surface area contributed by atoms with Crippen molar-refractivity contribution in [1.29, 1.82) is 0 Å². The molecule has 0 atom stereocenters. The molecular formula is C10H13NO4S2. The highest BCUT2D eigenvalue weighted by Crippen LogP contribution is 2.14. The van der Waals surface area contributed by atoms with E-state index in [9.17, 15) is 13.2 Å². The van der Waals surface area contributed by atoms with Gasteiger partial charge in [-0.3, -0.25) is 9.35 Å². The molecule has 0 bridgehead atoms. The second kappa shape index (κ2) is 6.04. The summed E-state index contributed by atoms with van der Waals surface area (Å²) in [4.78, 5) is 11.1. The number of benzene rings is 1. The molecule has 5 nitrogen and oxygen atoms in total. The molecular weight excluding hydrogens is 262 g/mol. The van der Waals surface area contributed by atoms with Crippen LogP contribution in [0.3, 0.4) is 0 Å². The average molecular weight is 275 g/mol. The van der Waals surface area contributed by atoms with Crippen LogP contribution in [0.5, 0.6) is 0 Å². The molecule has 0 spiro atoms. The zero-order valence-electron chi connectivity index (χ0n) is 8.96. The van der Waals surface area contributed by atoms with Crippen LogP contribution in [0.15, 0.2) is 29.2 Å². The molecule has 1 amide bonds. The molecule has 0 radical (unpaired) electrons. The van der Waals surface area contributed by atoms with E-state index in [1.165, 1.54) is 24.3 Å². The summed E-state index contributed by atoms with van der Waals surface area (Å²) in [5, 5.41) is 2.61. The number of nitrogens with one attached hydrogen (secondary N) is 1. The smallest absolute Gasteiger partial charge is 0.294 e. The molecule has 0 fully saturated rings. The van der Waals surface area contributed by atoms with E-state index in [1.807, 2.05) is 0 Å². The molecule has 1 aromatic carbocycles. The second-order valence-corrected chi connectivity index (χ2v) is 5.24. The molecule has 0 heterocycles. The number of thiol groups is 1. The molecule has 0 aromatic heterocycles. The summed E-state index contributed by atoms with van der Waals surface area (Å²) in [7, 11) is -4.19. The molecule has 0 aliphatic carbocycles. The Labute approximate surface area is 105 Å². The first-order valence-corrected chi connectivity index (χ1v) is 6.99. The summed E-state index contributed by atoms with van der Waals surface area (Å²) in [5.74, 6) is 0.480. The predicted molar refractivity (Wildman–Crippen MR) is 68.0 cm³/mol. The van der Waals surface area contributed by atoms with Gasteiger partial charge in [0.15, 0.2) is 0 Å². The topological polar surface area (TPSA) is 83.5 Å². The summed E-state index contributed by atoms with van der Waals surface area (Å²) < 4.78 is 30.3. The van der Waals surface area contributed by atoms with Crippen molar-refractivity contribution in [2.45, 2.75) is 17.7 Å². The van der Waals surface area contributed by atoms with E-state index in [1.54, 1.807) is 0 Å². The summed E-state index contributed by atoms with van der Waals surface area (Å²) in [5.41, 5.74) is 0.488. The molecule has 0 unspecified atom stereocenters. The molecule has 0 aliphatic rings. The van der Waals surface area contributed by atoms with Crippen LogP contribution in [0.25, 0.3) is 0 Å². The maximum Gasteiger partial charge on any atom is 0.294 e. The fourth-order valence-corrected chi connectivity index (χ4v) is 1.81. The largest absolute Gasteiger partial charge is 0.326 e. The third kappa shape index (κ3) is 4.76. The Kier molecular flexibility index (Phi) is 4.98. The zero-order chi connectivity index (χ0) is 12.9. The lowest BCUT2D eigenvalue weighted by molar-refractivity contribution is -0.116. The van der Waals surface area contributed by atoms with Gasteiger partial charge in [0.05, 0.1) is 4.90 Å². The van der Waals surface area contributed by atoms with Crippen molar-refractivity contribution in [2.24, 2.45) is 0 Å². The summed E-state index contributed by atoms with van der Waals surface area (Å²) in [6.45, 7) is 0. The van der Waals surface area contributed by atoms with Gasteiger partial charge in [0.25, 0.3) is 10.1 Å². The zero-order valence-corrected chi connectivity index (χ0v) is 10.7. The minimum Gasteiger partial charge on any atom is -0.326 e. The normalized spacial score (nSPS) is 11.2.